The number of anilines is 6. The molecule has 0 N–H and O–H groups in total. The highest BCUT2D eigenvalue weighted by molar-refractivity contribution is 5.81. The first-order valence-corrected chi connectivity index (χ1v) is 20.5. The van der Waals surface area contributed by atoms with Gasteiger partial charge in [-0.15, -0.1) is 0 Å². The summed E-state index contributed by atoms with van der Waals surface area (Å²) in [7, 11) is 0. The molecule has 0 radical (unpaired) electrons. The van der Waals surface area contributed by atoms with Gasteiger partial charge < -0.3 is 9.80 Å². The minimum Gasteiger partial charge on any atom is -0.310 e. The summed E-state index contributed by atoms with van der Waals surface area (Å²) in [6, 6.07) is 73.4. The molecule has 0 fully saturated rings. The molecule has 0 bridgehead atoms. The predicted octanol–water partition coefficient (Wildman–Crippen LogP) is 16.4. The smallest absolute Gasteiger partial charge is 0.0464 e. The largest absolute Gasteiger partial charge is 0.310 e. The molecule has 0 aliphatic heterocycles. The Morgan fingerprint density at radius 2 is 0.567 bits per heavy atom. The average molecular weight is 773 g/mol. The summed E-state index contributed by atoms with van der Waals surface area (Å²) < 4.78 is 0. The molecular formula is C58H48N2. The summed E-state index contributed by atoms with van der Waals surface area (Å²) in [5.41, 5.74) is 16.1. The molecule has 8 rings (SSSR count). The summed E-state index contributed by atoms with van der Waals surface area (Å²) in [6.45, 7) is 4.29. The summed E-state index contributed by atoms with van der Waals surface area (Å²) in [5, 5.41) is 0. The van der Waals surface area contributed by atoms with Crippen LogP contribution in [0.15, 0.2) is 231 Å². The minimum absolute atomic E-state index is 1.10. The molecule has 0 aliphatic carbocycles. The van der Waals surface area contributed by atoms with Crippen molar-refractivity contribution in [2.24, 2.45) is 0 Å². The third-order valence-corrected chi connectivity index (χ3v) is 10.4. The highest BCUT2D eigenvalue weighted by Gasteiger charge is 2.15. The fraction of sp³-hybridized carbons (Fsp3) is 0.0345. The first-order chi connectivity index (χ1) is 29.6. The van der Waals surface area contributed by atoms with E-state index < -0.39 is 0 Å². The molecule has 0 heterocycles. The van der Waals surface area contributed by atoms with Gasteiger partial charge in [-0.3, -0.25) is 0 Å². The SMILES string of the molecule is Cc1cccc(N(c2ccc(/C=C/C=C/c3ccccc3)cc2)c2ccc(-c3ccc(N(c4ccc(/C=C/C=C/c5ccccc5)cc4)c4cccc(C)c4)cc3)cc2)c1. The second kappa shape index (κ2) is 19.2. The third-order valence-electron chi connectivity index (χ3n) is 10.4. The number of allylic oxidation sites excluding steroid dienone is 4. The van der Waals surface area contributed by atoms with Crippen molar-refractivity contribution in [3.8, 4) is 11.1 Å². The summed E-state index contributed by atoms with van der Waals surface area (Å²) in [5.74, 6) is 0. The van der Waals surface area contributed by atoms with Gasteiger partial charge in [0, 0.05) is 34.1 Å². The van der Waals surface area contributed by atoms with Crippen molar-refractivity contribution in [1.29, 1.82) is 0 Å². The van der Waals surface area contributed by atoms with E-state index in [4.69, 9.17) is 0 Å². The summed E-state index contributed by atoms with van der Waals surface area (Å²) >= 11 is 0. The molecule has 8 aromatic rings. The van der Waals surface area contributed by atoms with E-state index >= 15 is 0 Å². The van der Waals surface area contributed by atoms with Crippen molar-refractivity contribution >= 4 is 58.4 Å². The van der Waals surface area contributed by atoms with E-state index in [1.807, 2.05) is 12.1 Å². The van der Waals surface area contributed by atoms with Crippen LogP contribution >= 0.6 is 0 Å². The molecule has 0 spiro atoms. The minimum atomic E-state index is 1.10. The van der Waals surface area contributed by atoms with Crippen LogP contribution in [0, 0.1) is 13.8 Å². The monoisotopic (exact) mass is 772 g/mol. The molecule has 0 aliphatic rings. The number of nitrogens with zero attached hydrogens (tertiary/aromatic N) is 2. The summed E-state index contributed by atoms with van der Waals surface area (Å²) in [4.78, 5) is 4.65. The molecule has 0 amide bonds. The number of rotatable bonds is 13. The van der Waals surface area contributed by atoms with Gasteiger partial charge in [0.25, 0.3) is 0 Å². The van der Waals surface area contributed by atoms with Crippen LogP contribution in [0.4, 0.5) is 34.1 Å². The molecule has 0 unspecified atom stereocenters. The van der Waals surface area contributed by atoms with E-state index in [-0.39, 0.29) is 0 Å². The molecular weight excluding hydrogens is 725 g/mol. The molecule has 0 atom stereocenters. The van der Waals surface area contributed by atoms with Crippen molar-refractivity contribution in [3.05, 3.63) is 264 Å². The third kappa shape index (κ3) is 10.1. The second-order valence-electron chi connectivity index (χ2n) is 14.9. The number of hydrogen-bond acceptors (Lipinski definition) is 2. The first-order valence-electron chi connectivity index (χ1n) is 20.5. The lowest BCUT2D eigenvalue weighted by atomic mass is 10.0. The quantitative estimate of drug-likeness (QED) is 0.108. The molecule has 0 saturated heterocycles. The molecule has 2 heteroatoms. The van der Waals surface area contributed by atoms with Crippen LogP contribution in [-0.2, 0) is 0 Å². The Morgan fingerprint density at radius 3 is 0.883 bits per heavy atom. The average Bonchev–Trinajstić information content (AvgIpc) is 3.29. The highest BCUT2D eigenvalue weighted by atomic mass is 15.1. The number of hydrogen-bond donors (Lipinski definition) is 0. The van der Waals surface area contributed by atoms with Crippen LogP contribution in [0.1, 0.15) is 33.4 Å². The van der Waals surface area contributed by atoms with Crippen molar-refractivity contribution in [2.75, 3.05) is 9.80 Å². The van der Waals surface area contributed by atoms with E-state index in [1.165, 1.54) is 22.3 Å². The molecule has 0 saturated carbocycles. The van der Waals surface area contributed by atoms with E-state index in [1.54, 1.807) is 0 Å². The molecule has 2 nitrogen and oxygen atoms in total. The van der Waals surface area contributed by atoms with Gasteiger partial charge >= 0.3 is 0 Å². The van der Waals surface area contributed by atoms with E-state index in [2.05, 4.69) is 266 Å². The van der Waals surface area contributed by atoms with Crippen LogP contribution in [0.25, 0.3) is 35.4 Å². The molecule has 290 valence electrons. The Labute approximate surface area is 355 Å². The Morgan fingerprint density at radius 1 is 0.267 bits per heavy atom. The predicted molar refractivity (Wildman–Crippen MR) is 260 cm³/mol. The first kappa shape index (κ1) is 39.2. The van der Waals surface area contributed by atoms with Gasteiger partial charge in [-0.1, -0.05) is 182 Å². The van der Waals surface area contributed by atoms with Crippen LogP contribution in [-0.4, -0.2) is 0 Å². The van der Waals surface area contributed by atoms with E-state index in [0.29, 0.717) is 0 Å². The number of aryl methyl sites for hydroxylation is 2. The lowest BCUT2D eigenvalue weighted by molar-refractivity contribution is 1.27. The lowest BCUT2D eigenvalue weighted by Gasteiger charge is -2.26. The fourth-order valence-corrected chi connectivity index (χ4v) is 7.30. The standard InChI is InChI=1S/C58H48N2/c1-45-15-13-25-57(43-45)59(53-35-27-49(28-36-53)23-11-9-21-47-17-5-3-6-18-47)55-39-31-51(32-40-55)52-33-41-56(42-34-52)60(58-26-14-16-46(2)44-58)54-37-29-50(30-38-54)24-12-10-22-48-19-7-4-8-20-48/h3-44H,1-2H3/b21-9+,22-10+,23-11+,24-12+. The Kier molecular flexibility index (Phi) is 12.5. The zero-order valence-electron chi connectivity index (χ0n) is 34.1. The van der Waals surface area contributed by atoms with Crippen molar-refractivity contribution in [3.63, 3.8) is 0 Å². The van der Waals surface area contributed by atoms with Crippen LogP contribution in [0.2, 0.25) is 0 Å². The van der Waals surface area contributed by atoms with Gasteiger partial charge in [-0.25, -0.2) is 0 Å². The molecule has 8 aromatic carbocycles. The summed E-state index contributed by atoms with van der Waals surface area (Å²) in [6.07, 6.45) is 16.9. The van der Waals surface area contributed by atoms with E-state index in [9.17, 15) is 0 Å². The normalized spacial score (nSPS) is 11.6. The Bertz CT molecular complexity index is 2530. The fourth-order valence-electron chi connectivity index (χ4n) is 7.30. The van der Waals surface area contributed by atoms with Gasteiger partial charge in [-0.2, -0.15) is 0 Å². The Hall–Kier alpha value is -7.68. The van der Waals surface area contributed by atoms with Gasteiger partial charge in [0.15, 0.2) is 0 Å². The molecule has 0 aromatic heterocycles. The van der Waals surface area contributed by atoms with Crippen molar-refractivity contribution in [1.82, 2.24) is 0 Å². The van der Waals surface area contributed by atoms with Gasteiger partial charge in [-0.05, 0) is 131 Å². The van der Waals surface area contributed by atoms with Crippen LogP contribution in [0.5, 0.6) is 0 Å². The van der Waals surface area contributed by atoms with Crippen LogP contribution < -0.4 is 9.80 Å². The van der Waals surface area contributed by atoms with Gasteiger partial charge in [0.05, 0.1) is 0 Å². The van der Waals surface area contributed by atoms with Crippen LogP contribution in [0.3, 0.4) is 0 Å². The maximum atomic E-state index is 2.32. The topological polar surface area (TPSA) is 6.48 Å². The maximum absolute atomic E-state index is 2.32. The van der Waals surface area contributed by atoms with Crippen molar-refractivity contribution in [2.45, 2.75) is 13.8 Å². The lowest BCUT2D eigenvalue weighted by Crippen LogP contribution is -2.10. The highest BCUT2D eigenvalue weighted by Crippen LogP contribution is 2.38. The Balaban J connectivity index is 1.01. The number of benzene rings is 8. The van der Waals surface area contributed by atoms with Gasteiger partial charge in [0.1, 0.15) is 0 Å². The van der Waals surface area contributed by atoms with Crippen molar-refractivity contribution < 1.29 is 0 Å². The second-order valence-corrected chi connectivity index (χ2v) is 14.9. The molecule has 60 heavy (non-hydrogen) atoms. The van der Waals surface area contributed by atoms with Gasteiger partial charge in [0.2, 0.25) is 0 Å². The zero-order valence-corrected chi connectivity index (χ0v) is 34.1. The maximum Gasteiger partial charge on any atom is 0.0464 e. The zero-order chi connectivity index (χ0) is 40.9. The van der Waals surface area contributed by atoms with E-state index in [0.717, 1.165) is 56.4 Å².